The number of ether oxygens (including phenoxy) is 1. The number of carbonyl (C=O) groups is 2. The van der Waals surface area contributed by atoms with Gasteiger partial charge in [-0.2, -0.15) is 0 Å². The molecule has 1 aliphatic rings. The average molecular weight is 297 g/mol. The molecule has 1 aliphatic heterocycles. The molecule has 0 spiro atoms. The molecular weight excluding hydrogens is 280 g/mol. The molecule has 1 saturated heterocycles. The fourth-order valence-corrected chi connectivity index (χ4v) is 2.51. The Morgan fingerprint density at radius 1 is 1.29 bits per heavy atom. The zero-order valence-corrected chi connectivity index (χ0v) is 12.0. The summed E-state index contributed by atoms with van der Waals surface area (Å²) in [6, 6.07) is 1.92. The number of nitrogens with zero attached hydrogens (tertiary/aromatic N) is 1. The van der Waals surface area contributed by atoms with Gasteiger partial charge < -0.3 is 9.64 Å². The first-order valence-electron chi connectivity index (χ1n) is 6.76. The van der Waals surface area contributed by atoms with E-state index in [-0.39, 0.29) is 23.6 Å². The van der Waals surface area contributed by atoms with Crippen LogP contribution in [0.2, 0.25) is 0 Å². The van der Waals surface area contributed by atoms with Gasteiger partial charge in [-0.05, 0) is 31.4 Å². The summed E-state index contributed by atoms with van der Waals surface area (Å²) in [6.07, 6.45) is 1.29. The van der Waals surface area contributed by atoms with Gasteiger partial charge in [0.05, 0.1) is 18.6 Å². The minimum Gasteiger partial charge on any atom is -0.469 e. The third kappa shape index (κ3) is 3.20. The number of rotatable bonds is 2. The standard InChI is InChI=1S/C15H17F2NO3/c1-9-6-11(13(17)7-12(9)16)14(19)18-5-3-4-10(8-18)15(20)21-2/h6-7,10H,3-5,8H2,1-2H3/t10-/m0/s1. The largest absolute Gasteiger partial charge is 0.469 e. The van der Waals surface area contributed by atoms with Crippen molar-refractivity contribution in [2.75, 3.05) is 20.2 Å². The Hall–Kier alpha value is -1.98. The third-order valence-corrected chi connectivity index (χ3v) is 3.72. The molecular formula is C15H17F2NO3. The van der Waals surface area contributed by atoms with Gasteiger partial charge in [-0.15, -0.1) is 0 Å². The molecule has 0 saturated carbocycles. The van der Waals surface area contributed by atoms with Gasteiger partial charge in [0, 0.05) is 19.2 Å². The fourth-order valence-electron chi connectivity index (χ4n) is 2.51. The molecule has 1 amide bonds. The van der Waals surface area contributed by atoms with Crippen LogP contribution in [0.5, 0.6) is 0 Å². The molecule has 0 unspecified atom stereocenters. The number of esters is 1. The number of carbonyl (C=O) groups excluding carboxylic acids is 2. The lowest BCUT2D eigenvalue weighted by Crippen LogP contribution is -2.43. The number of aryl methyl sites for hydroxylation is 1. The number of hydrogen-bond donors (Lipinski definition) is 0. The van der Waals surface area contributed by atoms with E-state index in [1.54, 1.807) is 0 Å². The Bertz CT molecular complexity index is 574. The minimum absolute atomic E-state index is 0.167. The smallest absolute Gasteiger partial charge is 0.310 e. The summed E-state index contributed by atoms with van der Waals surface area (Å²) in [6.45, 7) is 2.11. The highest BCUT2D eigenvalue weighted by Gasteiger charge is 2.30. The minimum atomic E-state index is -0.886. The molecule has 0 radical (unpaired) electrons. The SMILES string of the molecule is COC(=O)[C@H]1CCCN(C(=O)c2cc(C)c(F)cc2F)C1. The van der Waals surface area contributed by atoms with Crippen molar-refractivity contribution in [2.45, 2.75) is 19.8 Å². The van der Waals surface area contributed by atoms with Crippen molar-refractivity contribution in [1.82, 2.24) is 4.90 Å². The van der Waals surface area contributed by atoms with E-state index in [2.05, 4.69) is 4.74 Å². The van der Waals surface area contributed by atoms with E-state index in [4.69, 9.17) is 0 Å². The first kappa shape index (κ1) is 15.4. The average Bonchev–Trinajstić information content (AvgIpc) is 2.49. The molecule has 1 atom stereocenters. The van der Waals surface area contributed by atoms with Gasteiger partial charge in [0.25, 0.3) is 5.91 Å². The van der Waals surface area contributed by atoms with Gasteiger partial charge >= 0.3 is 5.97 Å². The molecule has 0 N–H and O–H groups in total. The quantitative estimate of drug-likeness (QED) is 0.787. The number of hydrogen-bond acceptors (Lipinski definition) is 3. The number of likely N-dealkylation sites (tertiary alicyclic amines) is 1. The van der Waals surface area contributed by atoms with E-state index in [0.29, 0.717) is 25.5 Å². The van der Waals surface area contributed by atoms with Gasteiger partial charge in [-0.3, -0.25) is 9.59 Å². The van der Waals surface area contributed by atoms with Gasteiger partial charge in [0.2, 0.25) is 0 Å². The molecule has 0 aliphatic carbocycles. The highest BCUT2D eigenvalue weighted by atomic mass is 19.1. The van der Waals surface area contributed by atoms with Crippen molar-refractivity contribution < 1.29 is 23.1 Å². The van der Waals surface area contributed by atoms with E-state index in [9.17, 15) is 18.4 Å². The topological polar surface area (TPSA) is 46.6 Å². The van der Waals surface area contributed by atoms with Crippen LogP contribution in [-0.4, -0.2) is 37.0 Å². The van der Waals surface area contributed by atoms with E-state index in [0.717, 1.165) is 0 Å². The summed E-state index contributed by atoms with van der Waals surface area (Å²) >= 11 is 0. The van der Waals surface area contributed by atoms with Crippen molar-refractivity contribution in [3.05, 3.63) is 34.9 Å². The van der Waals surface area contributed by atoms with Gasteiger partial charge in [0.1, 0.15) is 11.6 Å². The molecule has 1 fully saturated rings. The van der Waals surface area contributed by atoms with E-state index >= 15 is 0 Å². The molecule has 21 heavy (non-hydrogen) atoms. The van der Waals surface area contributed by atoms with Crippen molar-refractivity contribution in [1.29, 1.82) is 0 Å². The van der Waals surface area contributed by atoms with Crippen LogP contribution in [0.25, 0.3) is 0 Å². The summed E-state index contributed by atoms with van der Waals surface area (Å²) in [7, 11) is 1.30. The number of halogens is 2. The van der Waals surface area contributed by atoms with Gasteiger partial charge in [-0.25, -0.2) is 8.78 Å². The number of methoxy groups -OCH3 is 1. The van der Waals surface area contributed by atoms with E-state index in [1.807, 2.05) is 0 Å². The van der Waals surface area contributed by atoms with Crippen molar-refractivity contribution >= 4 is 11.9 Å². The molecule has 0 bridgehead atoms. The van der Waals surface area contributed by atoms with Crippen LogP contribution in [0, 0.1) is 24.5 Å². The second kappa shape index (κ2) is 6.20. The third-order valence-electron chi connectivity index (χ3n) is 3.72. The molecule has 1 aromatic rings. The Balaban J connectivity index is 2.20. The predicted molar refractivity (Wildman–Crippen MR) is 71.7 cm³/mol. The summed E-state index contributed by atoms with van der Waals surface area (Å²) in [5.41, 5.74) is 0.0423. The van der Waals surface area contributed by atoms with Gasteiger partial charge in [0.15, 0.2) is 0 Å². The van der Waals surface area contributed by atoms with Crippen molar-refractivity contribution in [2.24, 2.45) is 5.92 Å². The lowest BCUT2D eigenvalue weighted by Gasteiger charge is -2.31. The van der Waals surface area contributed by atoms with Crippen LogP contribution in [0.4, 0.5) is 8.78 Å². The summed E-state index contributed by atoms with van der Waals surface area (Å²) in [4.78, 5) is 25.3. The first-order chi connectivity index (χ1) is 9.93. The van der Waals surface area contributed by atoms with Crippen LogP contribution < -0.4 is 0 Å². The normalized spacial score (nSPS) is 18.5. The zero-order valence-electron chi connectivity index (χ0n) is 12.0. The molecule has 2 rings (SSSR count). The van der Waals surface area contributed by atoms with Gasteiger partial charge in [-0.1, -0.05) is 0 Å². The monoisotopic (exact) mass is 297 g/mol. The van der Waals surface area contributed by atoms with Crippen LogP contribution in [0.3, 0.4) is 0 Å². The van der Waals surface area contributed by atoms with E-state index < -0.39 is 23.5 Å². The summed E-state index contributed by atoms with van der Waals surface area (Å²) < 4.78 is 31.7. The molecule has 1 aromatic carbocycles. The lowest BCUT2D eigenvalue weighted by atomic mass is 9.97. The number of piperidine rings is 1. The predicted octanol–water partition coefficient (Wildman–Crippen LogP) is 2.30. The summed E-state index contributed by atoms with van der Waals surface area (Å²) in [5.74, 6) is -2.86. The zero-order chi connectivity index (χ0) is 15.6. The lowest BCUT2D eigenvalue weighted by molar-refractivity contribution is -0.146. The van der Waals surface area contributed by atoms with Crippen LogP contribution in [0.1, 0.15) is 28.8 Å². The number of amides is 1. The van der Waals surface area contributed by atoms with Crippen molar-refractivity contribution in [3.63, 3.8) is 0 Å². The second-order valence-electron chi connectivity index (χ2n) is 5.19. The molecule has 114 valence electrons. The maximum atomic E-state index is 13.8. The van der Waals surface area contributed by atoms with E-state index in [1.165, 1.54) is 25.0 Å². The maximum Gasteiger partial charge on any atom is 0.310 e. The first-order valence-corrected chi connectivity index (χ1v) is 6.76. The highest BCUT2D eigenvalue weighted by molar-refractivity contribution is 5.95. The molecule has 6 heteroatoms. The molecule has 1 heterocycles. The number of benzene rings is 1. The van der Waals surface area contributed by atoms with Crippen LogP contribution >= 0.6 is 0 Å². The Morgan fingerprint density at radius 2 is 2.00 bits per heavy atom. The Morgan fingerprint density at radius 3 is 2.67 bits per heavy atom. The van der Waals surface area contributed by atoms with Crippen LogP contribution in [0.15, 0.2) is 12.1 Å². The molecule has 0 aromatic heterocycles. The fraction of sp³-hybridized carbons (Fsp3) is 0.467. The highest BCUT2D eigenvalue weighted by Crippen LogP contribution is 2.22. The van der Waals surface area contributed by atoms with Crippen LogP contribution in [-0.2, 0) is 9.53 Å². The second-order valence-corrected chi connectivity index (χ2v) is 5.19. The Labute approximate surface area is 121 Å². The Kier molecular flexibility index (Phi) is 4.55. The maximum absolute atomic E-state index is 13.8. The molecule has 4 nitrogen and oxygen atoms in total. The summed E-state index contributed by atoms with van der Waals surface area (Å²) in [5, 5.41) is 0. The van der Waals surface area contributed by atoms with Crippen molar-refractivity contribution in [3.8, 4) is 0 Å².